The fourth-order valence-electron chi connectivity index (χ4n) is 2.39. The zero-order chi connectivity index (χ0) is 12.0. The van der Waals surface area contributed by atoms with Crippen LogP contribution >= 0.6 is 0 Å². The molecule has 0 saturated heterocycles. The van der Waals surface area contributed by atoms with Gasteiger partial charge in [0, 0.05) is 17.8 Å². The summed E-state index contributed by atoms with van der Waals surface area (Å²) < 4.78 is 0. The number of fused-ring (bicyclic) bond motifs is 3. The van der Waals surface area contributed by atoms with Crippen molar-refractivity contribution in [2.24, 2.45) is 5.10 Å². The molecule has 0 radical (unpaired) electrons. The number of carbonyl (C=O) groups excluding carboxylic acids is 1. The number of hydrazone groups is 1. The molecule has 0 spiro atoms. The highest BCUT2D eigenvalue weighted by molar-refractivity contribution is 6.08. The van der Waals surface area contributed by atoms with Crippen LogP contribution in [-0.2, 0) is 11.2 Å². The Bertz CT molecular complexity index is 523. The molecule has 0 aromatic heterocycles. The maximum absolute atomic E-state index is 11.7. The second kappa shape index (κ2) is 3.48. The van der Waals surface area contributed by atoms with Crippen molar-refractivity contribution in [3.8, 4) is 0 Å². The summed E-state index contributed by atoms with van der Waals surface area (Å²) in [6.07, 6.45) is 1.79. The van der Waals surface area contributed by atoms with E-state index >= 15 is 0 Å². The Balaban J connectivity index is 2.14. The van der Waals surface area contributed by atoms with Crippen LogP contribution in [-0.4, -0.2) is 17.8 Å². The van der Waals surface area contributed by atoms with Gasteiger partial charge in [-0.2, -0.15) is 5.10 Å². The van der Waals surface area contributed by atoms with Crippen molar-refractivity contribution < 1.29 is 4.79 Å². The molecule has 0 fully saturated rings. The summed E-state index contributed by atoms with van der Waals surface area (Å²) in [4.78, 5) is 13.6. The third-order valence-electron chi connectivity index (χ3n) is 3.33. The van der Waals surface area contributed by atoms with Crippen LogP contribution in [0.25, 0.3) is 0 Å². The van der Waals surface area contributed by atoms with Crippen molar-refractivity contribution in [3.05, 3.63) is 23.8 Å². The molecule has 1 atom stereocenters. The molecule has 2 heterocycles. The minimum Gasteiger partial charge on any atom is -0.399 e. The van der Waals surface area contributed by atoms with Gasteiger partial charge in [0.15, 0.2) is 0 Å². The van der Waals surface area contributed by atoms with E-state index in [9.17, 15) is 4.79 Å². The van der Waals surface area contributed by atoms with Crippen LogP contribution in [0, 0.1) is 0 Å². The first-order chi connectivity index (χ1) is 8.16. The third kappa shape index (κ3) is 1.46. The van der Waals surface area contributed by atoms with Crippen LogP contribution in [0.1, 0.15) is 18.9 Å². The van der Waals surface area contributed by atoms with E-state index in [0.717, 1.165) is 24.4 Å². The number of rotatable bonds is 0. The lowest BCUT2D eigenvalue weighted by Gasteiger charge is -2.38. The summed E-state index contributed by atoms with van der Waals surface area (Å²) in [7, 11) is 0. The Kier molecular flexibility index (Phi) is 2.07. The van der Waals surface area contributed by atoms with Crippen LogP contribution in [0.2, 0.25) is 0 Å². The summed E-state index contributed by atoms with van der Waals surface area (Å²) in [5.41, 5.74) is 11.3. The standard InChI is InChI=1S/C12H14N4O/c1-7-12(17)15-14-11-5-3-8-2-4-9(13)6-10(8)16(7)11/h2,4,6-7H,3,5,13H2,1H3,(H,15,17)/t7-/m0/s1. The SMILES string of the molecule is C[C@H]1C(=O)NN=C2CCc3ccc(N)cc3N21. The van der Waals surface area contributed by atoms with E-state index in [1.807, 2.05) is 30.0 Å². The van der Waals surface area contributed by atoms with Crippen LogP contribution in [0.4, 0.5) is 11.4 Å². The van der Waals surface area contributed by atoms with Gasteiger partial charge in [-0.15, -0.1) is 0 Å². The quantitative estimate of drug-likeness (QED) is 0.649. The Morgan fingerprint density at radius 1 is 1.47 bits per heavy atom. The van der Waals surface area contributed by atoms with E-state index in [4.69, 9.17) is 5.73 Å². The molecular formula is C12H14N4O. The number of anilines is 2. The first-order valence-electron chi connectivity index (χ1n) is 5.71. The predicted octanol–water partition coefficient (Wildman–Crippen LogP) is 0.853. The summed E-state index contributed by atoms with van der Waals surface area (Å²) in [5, 5.41) is 4.11. The molecule has 5 heteroatoms. The molecule has 0 unspecified atom stereocenters. The number of amidine groups is 1. The number of aryl methyl sites for hydroxylation is 1. The predicted molar refractivity (Wildman–Crippen MR) is 66.7 cm³/mol. The lowest BCUT2D eigenvalue weighted by molar-refractivity contribution is -0.122. The van der Waals surface area contributed by atoms with Gasteiger partial charge >= 0.3 is 0 Å². The maximum atomic E-state index is 11.7. The van der Waals surface area contributed by atoms with Crippen LogP contribution < -0.4 is 16.1 Å². The number of amides is 1. The van der Waals surface area contributed by atoms with Crippen LogP contribution in [0.3, 0.4) is 0 Å². The summed E-state index contributed by atoms with van der Waals surface area (Å²) >= 11 is 0. The average Bonchev–Trinajstić information content (AvgIpc) is 2.33. The second-order valence-corrected chi connectivity index (χ2v) is 4.44. The van der Waals surface area contributed by atoms with E-state index in [2.05, 4.69) is 10.5 Å². The van der Waals surface area contributed by atoms with Gasteiger partial charge in [-0.25, -0.2) is 5.43 Å². The van der Waals surface area contributed by atoms with Gasteiger partial charge < -0.3 is 10.6 Å². The van der Waals surface area contributed by atoms with Gasteiger partial charge in [-0.05, 0) is 31.0 Å². The third-order valence-corrected chi connectivity index (χ3v) is 3.33. The highest BCUT2D eigenvalue weighted by atomic mass is 16.2. The minimum absolute atomic E-state index is 0.0796. The molecule has 1 amide bonds. The van der Waals surface area contributed by atoms with Crippen molar-refractivity contribution in [1.29, 1.82) is 0 Å². The van der Waals surface area contributed by atoms with E-state index in [-0.39, 0.29) is 11.9 Å². The number of benzene rings is 1. The van der Waals surface area contributed by atoms with E-state index < -0.39 is 0 Å². The summed E-state index contributed by atoms with van der Waals surface area (Å²) in [5.74, 6) is 0.833. The zero-order valence-corrected chi connectivity index (χ0v) is 9.60. The molecule has 17 heavy (non-hydrogen) atoms. The van der Waals surface area contributed by atoms with Crippen molar-refractivity contribution >= 4 is 23.1 Å². The molecule has 1 aromatic rings. The number of hydrogen-bond acceptors (Lipinski definition) is 4. The lowest BCUT2D eigenvalue weighted by Crippen LogP contribution is -2.53. The van der Waals surface area contributed by atoms with E-state index in [1.54, 1.807) is 0 Å². The van der Waals surface area contributed by atoms with Gasteiger partial charge in [0.05, 0.1) is 0 Å². The minimum atomic E-state index is -0.233. The Morgan fingerprint density at radius 2 is 2.29 bits per heavy atom. The zero-order valence-electron chi connectivity index (χ0n) is 9.60. The molecule has 88 valence electrons. The number of nitrogens with two attached hydrogens (primary N) is 1. The average molecular weight is 230 g/mol. The number of hydrogen-bond donors (Lipinski definition) is 2. The molecule has 2 aliphatic heterocycles. The first-order valence-corrected chi connectivity index (χ1v) is 5.71. The van der Waals surface area contributed by atoms with Gasteiger partial charge in [0.25, 0.3) is 5.91 Å². The fraction of sp³-hybridized carbons (Fsp3) is 0.333. The Labute approximate surface area is 99.3 Å². The highest BCUT2D eigenvalue weighted by Crippen LogP contribution is 2.32. The lowest BCUT2D eigenvalue weighted by atomic mass is 9.98. The largest absolute Gasteiger partial charge is 0.399 e. The molecule has 0 saturated carbocycles. The molecule has 1 aromatic carbocycles. The monoisotopic (exact) mass is 230 g/mol. The number of carbonyl (C=O) groups is 1. The van der Waals surface area contributed by atoms with E-state index in [1.165, 1.54) is 5.56 Å². The maximum Gasteiger partial charge on any atom is 0.262 e. The topological polar surface area (TPSA) is 70.7 Å². The summed E-state index contributed by atoms with van der Waals surface area (Å²) in [6, 6.07) is 5.61. The van der Waals surface area contributed by atoms with Crippen molar-refractivity contribution in [2.45, 2.75) is 25.8 Å². The molecule has 0 bridgehead atoms. The Morgan fingerprint density at radius 3 is 3.12 bits per heavy atom. The summed E-state index contributed by atoms with van der Waals surface area (Å²) in [6.45, 7) is 1.88. The number of nitrogen functional groups attached to an aromatic ring is 1. The highest BCUT2D eigenvalue weighted by Gasteiger charge is 2.33. The molecule has 3 rings (SSSR count). The van der Waals surface area contributed by atoms with Crippen LogP contribution in [0.5, 0.6) is 0 Å². The van der Waals surface area contributed by atoms with E-state index in [0.29, 0.717) is 5.69 Å². The van der Waals surface area contributed by atoms with Crippen molar-refractivity contribution in [1.82, 2.24) is 5.43 Å². The van der Waals surface area contributed by atoms with Gasteiger partial charge in [0.2, 0.25) is 0 Å². The van der Waals surface area contributed by atoms with Crippen molar-refractivity contribution in [2.75, 3.05) is 10.6 Å². The molecule has 3 N–H and O–H groups in total. The van der Waals surface area contributed by atoms with Crippen LogP contribution in [0.15, 0.2) is 23.3 Å². The molecule has 2 aliphatic rings. The van der Waals surface area contributed by atoms with Gasteiger partial charge in [-0.3, -0.25) is 4.79 Å². The van der Waals surface area contributed by atoms with Gasteiger partial charge in [-0.1, -0.05) is 6.07 Å². The molecular weight excluding hydrogens is 216 g/mol. The smallest absolute Gasteiger partial charge is 0.262 e. The first kappa shape index (κ1) is 10.1. The molecule has 0 aliphatic carbocycles. The second-order valence-electron chi connectivity index (χ2n) is 4.44. The normalized spacial score (nSPS) is 22.4. The van der Waals surface area contributed by atoms with Crippen molar-refractivity contribution in [3.63, 3.8) is 0 Å². The fourth-order valence-corrected chi connectivity index (χ4v) is 2.39. The molecule has 5 nitrogen and oxygen atoms in total. The number of nitrogens with zero attached hydrogens (tertiary/aromatic N) is 2. The number of nitrogens with one attached hydrogen (secondary N) is 1. The van der Waals surface area contributed by atoms with Gasteiger partial charge in [0.1, 0.15) is 11.9 Å². The Hall–Kier alpha value is -2.04.